The number of benzene rings is 2. The lowest BCUT2D eigenvalue weighted by Crippen LogP contribution is -2.55. The van der Waals surface area contributed by atoms with E-state index < -0.39 is 0 Å². The number of fused-ring (bicyclic) bond motifs is 1. The third-order valence-electron chi connectivity index (χ3n) is 5.43. The van der Waals surface area contributed by atoms with Crippen LogP contribution in [0.1, 0.15) is 41.6 Å². The molecular formula is C22H24ClN3O4. The van der Waals surface area contributed by atoms with Crippen molar-refractivity contribution < 1.29 is 19.1 Å². The van der Waals surface area contributed by atoms with Gasteiger partial charge in [-0.1, -0.05) is 42.6 Å². The Morgan fingerprint density at radius 1 is 0.967 bits per heavy atom. The molecule has 0 saturated heterocycles. The smallest absolute Gasteiger partial charge is 0.315 e. The van der Waals surface area contributed by atoms with Gasteiger partial charge in [0, 0.05) is 23.2 Å². The summed E-state index contributed by atoms with van der Waals surface area (Å²) in [6.07, 6.45) is 3.63. The molecule has 3 amide bonds. The van der Waals surface area contributed by atoms with Crippen molar-refractivity contribution in [3.63, 3.8) is 0 Å². The van der Waals surface area contributed by atoms with Crippen molar-refractivity contribution in [2.75, 3.05) is 6.79 Å². The van der Waals surface area contributed by atoms with Gasteiger partial charge in [-0.05, 0) is 42.7 Å². The molecule has 0 bridgehead atoms. The van der Waals surface area contributed by atoms with E-state index in [1.165, 1.54) is 0 Å². The topological polar surface area (TPSA) is 88.7 Å². The summed E-state index contributed by atoms with van der Waals surface area (Å²) in [5.41, 5.74) is 1.36. The van der Waals surface area contributed by atoms with Gasteiger partial charge >= 0.3 is 6.03 Å². The van der Waals surface area contributed by atoms with Gasteiger partial charge in [-0.15, -0.1) is 0 Å². The first-order valence-corrected chi connectivity index (χ1v) is 10.5. The largest absolute Gasteiger partial charge is 0.454 e. The van der Waals surface area contributed by atoms with E-state index in [1.807, 2.05) is 18.2 Å². The molecule has 2 aromatic carbocycles. The summed E-state index contributed by atoms with van der Waals surface area (Å²) in [5, 5.41) is 9.53. The van der Waals surface area contributed by atoms with E-state index in [2.05, 4.69) is 16.0 Å². The molecule has 1 aliphatic carbocycles. The second kappa shape index (κ2) is 9.26. The Kier molecular flexibility index (Phi) is 6.28. The molecule has 1 fully saturated rings. The van der Waals surface area contributed by atoms with Crippen LogP contribution in [0.25, 0.3) is 0 Å². The van der Waals surface area contributed by atoms with Crippen LogP contribution in [-0.4, -0.2) is 30.8 Å². The minimum absolute atomic E-state index is 0.136. The van der Waals surface area contributed by atoms with E-state index >= 15 is 0 Å². The first kappa shape index (κ1) is 20.3. The standard InChI is InChI=1S/C22H24ClN3O4/c23-16-6-2-1-5-15(16)12-24-22(28)26-18-8-4-3-7-17(18)25-21(27)14-9-10-19-20(11-14)30-13-29-19/h1-2,5-6,9-11,17-18H,3-4,7-8,12-13H2,(H,25,27)(H2,24,26,28). The van der Waals surface area contributed by atoms with Gasteiger partial charge in [-0.3, -0.25) is 4.79 Å². The second-order valence-corrected chi connectivity index (χ2v) is 7.86. The van der Waals surface area contributed by atoms with Gasteiger partial charge in [0.05, 0.1) is 6.04 Å². The monoisotopic (exact) mass is 429 g/mol. The third kappa shape index (κ3) is 4.79. The van der Waals surface area contributed by atoms with E-state index in [-0.39, 0.29) is 30.8 Å². The average molecular weight is 430 g/mol. The highest BCUT2D eigenvalue weighted by atomic mass is 35.5. The molecule has 8 heteroatoms. The lowest BCUT2D eigenvalue weighted by molar-refractivity contribution is 0.0915. The molecule has 2 aromatic rings. The SMILES string of the molecule is O=C(NCc1ccccc1Cl)NC1CCCCC1NC(=O)c1ccc2c(c1)OCO2. The zero-order valence-electron chi connectivity index (χ0n) is 16.4. The van der Waals surface area contributed by atoms with Gasteiger partial charge in [-0.2, -0.15) is 0 Å². The van der Waals surface area contributed by atoms with Gasteiger partial charge < -0.3 is 25.4 Å². The molecule has 1 aliphatic heterocycles. The number of halogens is 1. The third-order valence-corrected chi connectivity index (χ3v) is 5.80. The molecule has 2 aliphatic rings. The van der Waals surface area contributed by atoms with Crippen LogP contribution in [-0.2, 0) is 6.54 Å². The van der Waals surface area contributed by atoms with E-state index in [0.29, 0.717) is 28.6 Å². The van der Waals surface area contributed by atoms with E-state index in [0.717, 1.165) is 31.2 Å². The summed E-state index contributed by atoms with van der Waals surface area (Å²) < 4.78 is 10.6. The summed E-state index contributed by atoms with van der Waals surface area (Å²) in [7, 11) is 0. The molecule has 1 heterocycles. The zero-order valence-corrected chi connectivity index (χ0v) is 17.2. The van der Waals surface area contributed by atoms with E-state index in [4.69, 9.17) is 21.1 Å². The van der Waals surface area contributed by atoms with Crippen LogP contribution >= 0.6 is 11.6 Å². The number of nitrogens with one attached hydrogen (secondary N) is 3. The van der Waals surface area contributed by atoms with Crippen molar-refractivity contribution >= 4 is 23.5 Å². The Morgan fingerprint density at radius 3 is 2.50 bits per heavy atom. The zero-order chi connectivity index (χ0) is 20.9. The molecule has 0 radical (unpaired) electrons. The van der Waals surface area contributed by atoms with E-state index in [1.54, 1.807) is 24.3 Å². The van der Waals surface area contributed by atoms with E-state index in [9.17, 15) is 9.59 Å². The van der Waals surface area contributed by atoms with Crippen LogP contribution in [0.5, 0.6) is 11.5 Å². The second-order valence-electron chi connectivity index (χ2n) is 7.46. The van der Waals surface area contributed by atoms with Crippen LogP contribution in [0.2, 0.25) is 5.02 Å². The maximum Gasteiger partial charge on any atom is 0.315 e. The first-order valence-electron chi connectivity index (χ1n) is 10.1. The van der Waals surface area contributed by atoms with Crippen LogP contribution in [0.3, 0.4) is 0 Å². The van der Waals surface area contributed by atoms with Crippen molar-refractivity contribution in [3.05, 3.63) is 58.6 Å². The molecular weight excluding hydrogens is 406 g/mol. The summed E-state index contributed by atoms with van der Waals surface area (Å²) >= 11 is 6.14. The van der Waals surface area contributed by atoms with Crippen molar-refractivity contribution in [1.29, 1.82) is 0 Å². The molecule has 0 spiro atoms. The molecule has 1 saturated carbocycles. The number of urea groups is 1. The normalized spacial score (nSPS) is 19.8. The lowest BCUT2D eigenvalue weighted by atomic mass is 9.90. The number of hydrogen-bond donors (Lipinski definition) is 3. The highest BCUT2D eigenvalue weighted by Crippen LogP contribution is 2.32. The van der Waals surface area contributed by atoms with Crippen molar-refractivity contribution in [3.8, 4) is 11.5 Å². The van der Waals surface area contributed by atoms with Crippen molar-refractivity contribution in [2.24, 2.45) is 0 Å². The van der Waals surface area contributed by atoms with Crippen LogP contribution < -0.4 is 25.4 Å². The van der Waals surface area contributed by atoms with Crippen molar-refractivity contribution in [1.82, 2.24) is 16.0 Å². The molecule has 7 nitrogen and oxygen atoms in total. The number of rotatable bonds is 5. The Hall–Kier alpha value is -2.93. The van der Waals surface area contributed by atoms with Gasteiger partial charge in [0.25, 0.3) is 5.91 Å². The fourth-order valence-corrected chi connectivity index (χ4v) is 4.01. The Morgan fingerprint density at radius 2 is 1.70 bits per heavy atom. The van der Waals surface area contributed by atoms with Gasteiger partial charge in [-0.25, -0.2) is 4.79 Å². The predicted octanol–water partition coefficient (Wildman–Crippen LogP) is 3.61. The predicted molar refractivity (Wildman–Crippen MR) is 113 cm³/mol. The molecule has 2 unspecified atom stereocenters. The number of amides is 3. The summed E-state index contributed by atoms with van der Waals surface area (Å²) in [6.45, 7) is 0.505. The number of ether oxygens (including phenoxy) is 2. The van der Waals surface area contributed by atoms with Crippen molar-refractivity contribution in [2.45, 2.75) is 44.3 Å². The number of hydrogen-bond acceptors (Lipinski definition) is 4. The molecule has 3 N–H and O–H groups in total. The first-order chi connectivity index (χ1) is 14.6. The van der Waals surface area contributed by atoms with Crippen LogP contribution in [0.4, 0.5) is 4.79 Å². The minimum Gasteiger partial charge on any atom is -0.454 e. The summed E-state index contributed by atoms with van der Waals surface area (Å²) in [5.74, 6) is 1.02. The van der Waals surface area contributed by atoms with Crippen LogP contribution in [0.15, 0.2) is 42.5 Å². The minimum atomic E-state index is -0.274. The highest BCUT2D eigenvalue weighted by molar-refractivity contribution is 6.31. The summed E-state index contributed by atoms with van der Waals surface area (Å²) in [6, 6.07) is 12.0. The average Bonchev–Trinajstić information content (AvgIpc) is 3.22. The Labute approximate surface area is 180 Å². The van der Waals surface area contributed by atoms with Gasteiger partial charge in [0.1, 0.15) is 0 Å². The Balaban J connectivity index is 1.34. The van der Waals surface area contributed by atoms with Gasteiger partial charge in [0.2, 0.25) is 6.79 Å². The molecule has 0 aromatic heterocycles. The fourth-order valence-electron chi connectivity index (χ4n) is 3.80. The summed E-state index contributed by atoms with van der Waals surface area (Å²) in [4.78, 5) is 25.2. The lowest BCUT2D eigenvalue weighted by Gasteiger charge is -2.32. The molecule has 30 heavy (non-hydrogen) atoms. The highest BCUT2D eigenvalue weighted by Gasteiger charge is 2.28. The Bertz CT molecular complexity index is 936. The fraction of sp³-hybridized carbons (Fsp3) is 0.364. The van der Waals surface area contributed by atoms with Crippen LogP contribution in [0, 0.1) is 0 Å². The molecule has 4 rings (SSSR count). The molecule has 2 atom stereocenters. The quantitative estimate of drug-likeness (QED) is 0.677. The number of carbonyl (C=O) groups is 2. The maximum absolute atomic E-state index is 12.7. The van der Waals surface area contributed by atoms with Gasteiger partial charge in [0.15, 0.2) is 11.5 Å². The molecule has 158 valence electrons. The number of carbonyl (C=O) groups excluding carboxylic acids is 2. The maximum atomic E-state index is 12.7.